The first kappa shape index (κ1) is 17.9. The Bertz CT molecular complexity index is 653. The number of rotatable bonds is 8. The molecule has 1 aromatic carbocycles. The number of benzene rings is 1. The normalized spacial score (nSPS) is 10.7. The summed E-state index contributed by atoms with van der Waals surface area (Å²) < 4.78 is 16.0. The summed E-state index contributed by atoms with van der Waals surface area (Å²) >= 11 is 0. The summed E-state index contributed by atoms with van der Waals surface area (Å²) in [6.45, 7) is 7.34. The highest BCUT2D eigenvalue weighted by atomic mass is 16.5. The van der Waals surface area contributed by atoms with Gasteiger partial charge in [0, 0.05) is 12.2 Å². The molecule has 0 saturated carbocycles. The van der Waals surface area contributed by atoms with Gasteiger partial charge in [0.2, 0.25) is 0 Å². The van der Waals surface area contributed by atoms with E-state index < -0.39 is 5.97 Å². The molecule has 2 rings (SSSR count). The van der Waals surface area contributed by atoms with Crippen LogP contribution in [0.3, 0.4) is 0 Å². The summed E-state index contributed by atoms with van der Waals surface area (Å²) in [6, 6.07) is 12.9. The zero-order chi connectivity index (χ0) is 17.4. The molecule has 0 fully saturated rings. The van der Waals surface area contributed by atoms with Crippen LogP contribution in [0.15, 0.2) is 42.5 Å². The van der Waals surface area contributed by atoms with Crippen LogP contribution in [0.5, 0.6) is 5.75 Å². The molecule has 0 bridgehead atoms. The lowest BCUT2D eigenvalue weighted by Crippen LogP contribution is -2.13. The fourth-order valence-electron chi connectivity index (χ4n) is 2.07. The number of pyridine rings is 1. The number of nitrogens with zero attached hydrogens (tertiary/aromatic N) is 1. The van der Waals surface area contributed by atoms with Crippen molar-refractivity contribution in [2.75, 3.05) is 19.8 Å². The van der Waals surface area contributed by atoms with Crippen molar-refractivity contribution >= 4 is 5.97 Å². The number of carbonyl (C=O) groups is 1. The highest BCUT2D eigenvalue weighted by molar-refractivity contribution is 5.88. The first-order valence-electron chi connectivity index (χ1n) is 8.09. The standard InChI is InChI=1S/C19H23NO4/c1-4-22-12-13-23-16-10-8-15(9-11-16)17-6-5-7-18(20-17)19(21)24-14(2)3/h5-11,14H,4,12-13H2,1-3H3. The molecule has 24 heavy (non-hydrogen) atoms. The van der Waals surface area contributed by atoms with Gasteiger partial charge in [-0.15, -0.1) is 0 Å². The zero-order valence-electron chi connectivity index (χ0n) is 14.3. The van der Waals surface area contributed by atoms with Gasteiger partial charge in [0.25, 0.3) is 0 Å². The molecule has 1 heterocycles. The van der Waals surface area contributed by atoms with Crippen LogP contribution < -0.4 is 4.74 Å². The third-order valence-electron chi connectivity index (χ3n) is 3.15. The highest BCUT2D eigenvalue weighted by Gasteiger charge is 2.12. The van der Waals surface area contributed by atoms with Crippen LogP contribution in [0.25, 0.3) is 11.3 Å². The third-order valence-corrected chi connectivity index (χ3v) is 3.15. The predicted octanol–water partition coefficient (Wildman–Crippen LogP) is 3.73. The van der Waals surface area contributed by atoms with E-state index in [0.29, 0.717) is 31.2 Å². The molecule has 0 saturated heterocycles. The number of aromatic nitrogens is 1. The minimum Gasteiger partial charge on any atom is -0.491 e. The maximum atomic E-state index is 11.9. The maximum Gasteiger partial charge on any atom is 0.357 e. The zero-order valence-corrected chi connectivity index (χ0v) is 14.3. The van der Waals surface area contributed by atoms with Crippen LogP contribution in [0.4, 0.5) is 0 Å². The number of hydrogen-bond acceptors (Lipinski definition) is 5. The van der Waals surface area contributed by atoms with Gasteiger partial charge in [-0.05, 0) is 57.2 Å². The van der Waals surface area contributed by atoms with Gasteiger partial charge in [-0.1, -0.05) is 6.07 Å². The second-order valence-corrected chi connectivity index (χ2v) is 5.43. The number of ether oxygens (including phenoxy) is 3. The lowest BCUT2D eigenvalue weighted by molar-refractivity contribution is 0.0371. The summed E-state index contributed by atoms with van der Waals surface area (Å²) in [6.07, 6.45) is -0.170. The summed E-state index contributed by atoms with van der Waals surface area (Å²) in [5.74, 6) is 0.358. The van der Waals surface area contributed by atoms with E-state index in [1.54, 1.807) is 12.1 Å². The van der Waals surface area contributed by atoms with E-state index in [9.17, 15) is 4.79 Å². The van der Waals surface area contributed by atoms with Crippen molar-refractivity contribution in [3.63, 3.8) is 0 Å². The van der Waals surface area contributed by atoms with E-state index in [1.807, 2.05) is 51.1 Å². The molecule has 0 radical (unpaired) electrons. The minimum absolute atomic E-state index is 0.170. The number of carbonyl (C=O) groups excluding carboxylic acids is 1. The second kappa shape index (κ2) is 9.03. The minimum atomic E-state index is -0.414. The first-order chi connectivity index (χ1) is 11.6. The van der Waals surface area contributed by atoms with Gasteiger partial charge in [0.05, 0.1) is 18.4 Å². The molecule has 0 aliphatic carbocycles. The molecule has 0 spiro atoms. The molecule has 5 nitrogen and oxygen atoms in total. The highest BCUT2D eigenvalue weighted by Crippen LogP contribution is 2.21. The Morgan fingerprint density at radius 1 is 1.08 bits per heavy atom. The van der Waals surface area contributed by atoms with Gasteiger partial charge < -0.3 is 14.2 Å². The molecule has 0 aliphatic heterocycles. The average Bonchev–Trinajstić information content (AvgIpc) is 2.59. The summed E-state index contributed by atoms with van der Waals surface area (Å²) in [5.41, 5.74) is 1.93. The summed E-state index contributed by atoms with van der Waals surface area (Å²) in [4.78, 5) is 16.3. The van der Waals surface area contributed by atoms with Crippen LogP contribution in [-0.4, -0.2) is 36.9 Å². The Balaban J connectivity index is 2.04. The van der Waals surface area contributed by atoms with Crippen LogP contribution in [0, 0.1) is 0 Å². The Kier molecular flexibility index (Phi) is 6.75. The molecular weight excluding hydrogens is 306 g/mol. The van der Waals surface area contributed by atoms with E-state index >= 15 is 0 Å². The summed E-state index contributed by atoms with van der Waals surface area (Å²) in [7, 11) is 0. The molecule has 0 unspecified atom stereocenters. The van der Waals surface area contributed by atoms with Crippen molar-refractivity contribution in [2.45, 2.75) is 26.9 Å². The monoisotopic (exact) mass is 329 g/mol. The Hall–Kier alpha value is -2.40. The molecule has 2 aromatic rings. The molecule has 0 aliphatic rings. The van der Waals surface area contributed by atoms with Crippen molar-refractivity contribution in [3.8, 4) is 17.0 Å². The Morgan fingerprint density at radius 2 is 1.83 bits per heavy atom. The lowest BCUT2D eigenvalue weighted by atomic mass is 10.1. The van der Waals surface area contributed by atoms with Crippen molar-refractivity contribution in [1.29, 1.82) is 0 Å². The Morgan fingerprint density at radius 3 is 2.50 bits per heavy atom. The van der Waals surface area contributed by atoms with Gasteiger partial charge >= 0.3 is 5.97 Å². The molecule has 0 amide bonds. The molecule has 0 N–H and O–H groups in total. The topological polar surface area (TPSA) is 57.7 Å². The second-order valence-electron chi connectivity index (χ2n) is 5.43. The predicted molar refractivity (Wildman–Crippen MR) is 92.2 cm³/mol. The van der Waals surface area contributed by atoms with Gasteiger partial charge in [-0.2, -0.15) is 0 Å². The molecule has 0 atom stereocenters. The molecule has 1 aromatic heterocycles. The smallest absolute Gasteiger partial charge is 0.357 e. The quantitative estimate of drug-likeness (QED) is 0.545. The van der Waals surface area contributed by atoms with E-state index in [2.05, 4.69) is 4.98 Å². The van der Waals surface area contributed by atoms with Gasteiger partial charge in [-0.3, -0.25) is 0 Å². The van der Waals surface area contributed by atoms with E-state index in [0.717, 1.165) is 11.3 Å². The third kappa shape index (κ3) is 5.35. The van der Waals surface area contributed by atoms with Crippen molar-refractivity contribution in [3.05, 3.63) is 48.2 Å². The van der Waals surface area contributed by atoms with Gasteiger partial charge in [-0.25, -0.2) is 9.78 Å². The van der Waals surface area contributed by atoms with Gasteiger partial charge in [0.1, 0.15) is 18.1 Å². The lowest BCUT2D eigenvalue weighted by Gasteiger charge is -2.09. The van der Waals surface area contributed by atoms with Gasteiger partial charge in [0.15, 0.2) is 0 Å². The van der Waals surface area contributed by atoms with Crippen LogP contribution >= 0.6 is 0 Å². The van der Waals surface area contributed by atoms with Crippen molar-refractivity contribution in [1.82, 2.24) is 4.98 Å². The first-order valence-corrected chi connectivity index (χ1v) is 8.09. The largest absolute Gasteiger partial charge is 0.491 e. The summed E-state index contributed by atoms with van der Waals surface area (Å²) in [5, 5.41) is 0. The van der Waals surface area contributed by atoms with E-state index in [-0.39, 0.29) is 6.10 Å². The van der Waals surface area contributed by atoms with E-state index in [4.69, 9.17) is 14.2 Å². The Labute approximate surface area is 142 Å². The number of esters is 1. The fraction of sp³-hybridized carbons (Fsp3) is 0.368. The maximum absolute atomic E-state index is 11.9. The molecule has 5 heteroatoms. The average molecular weight is 329 g/mol. The van der Waals surface area contributed by atoms with Crippen molar-refractivity contribution < 1.29 is 19.0 Å². The van der Waals surface area contributed by atoms with E-state index in [1.165, 1.54) is 0 Å². The van der Waals surface area contributed by atoms with Crippen LogP contribution in [-0.2, 0) is 9.47 Å². The SMILES string of the molecule is CCOCCOc1ccc(-c2cccc(C(=O)OC(C)C)n2)cc1. The van der Waals surface area contributed by atoms with Crippen molar-refractivity contribution in [2.24, 2.45) is 0 Å². The molecule has 128 valence electrons. The van der Waals surface area contributed by atoms with Crippen LogP contribution in [0.2, 0.25) is 0 Å². The fourth-order valence-corrected chi connectivity index (χ4v) is 2.07. The van der Waals surface area contributed by atoms with Crippen LogP contribution in [0.1, 0.15) is 31.3 Å². The molecular formula is C19H23NO4. The number of hydrogen-bond donors (Lipinski definition) is 0.